The second-order valence-electron chi connectivity index (χ2n) is 3.39. The number of aromatic nitrogens is 2. The molecule has 0 aliphatic rings. The Morgan fingerprint density at radius 1 is 1.53 bits per heavy atom. The Bertz CT molecular complexity index is 437. The van der Waals surface area contributed by atoms with Gasteiger partial charge in [-0.3, -0.25) is 0 Å². The van der Waals surface area contributed by atoms with Gasteiger partial charge in [-0.1, -0.05) is 11.6 Å². The van der Waals surface area contributed by atoms with Crippen LogP contribution in [0.25, 0.3) is 0 Å². The molecule has 78 valence electrons. The van der Waals surface area contributed by atoms with Gasteiger partial charge in [-0.15, -0.1) is 0 Å². The van der Waals surface area contributed by atoms with E-state index in [-0.39, 0.29) is 0 Å². The predicted molar refractivity (Wildman–Crippen MR) is 62.1 cm³/mol. The second-order valence-corrected chi connectivity index (χ2v) is 3.78. The van der Waals surface area contributed by atoms with E-state index in [1.165, 1.54) is 5.56 Å². The van der Waals surface area contributed by atoms with Crippen molar-refractivity contribution in [3.8, 4) is 0 Å². The number of rotatable bonds is 3. The molecule has 0 amide bonds. The number of aryl methyl sites for hydroxylation is 1. The van der Waals surface area contributed by atoms with Gasteiger partial charge >= 0.3 is 0 Å². The minimum absolute atomic E-state index is 0.527. The third-order valence-electron chi connectivity index (χ3n) is 2.22. The summed E-state index contributed by atoms with van der Waals surface area (Å²) in [6, 6.07) is 3.88. The van der Waals surface area contributed by atoms with E-state index in [2.05, 4.69) is 15.3 Å². The van der Waals surface area contributed by atoms with Crippen molar-refractivity contribution >= 4 is 17.3 Å². The van der Waals surface area contributed by atoms with Crippen molar-refractivity contribution in [1.29, 1.82) is 0 Å². The normalized spacial score (nSPS) is 10.3. The lowest BCUT2D eigenvalue weighted by Gasteiger charge is -2.07. The lowest BCUT2D eigenvalue weighted by Crippen LogP contribution is -2.00. The van der Waals surface area contributed by atoms with E-state index in [9.17, 15) is 0 Å². The van der Waals surface area contributed by atoms with Gasteiger partial charge in [0.25, 0.3) is 0 Å². The van der Waals surface area contributed by atoms with Crippen LogP contribution in [0.1, 0.15) is 11.1 Å². The van der Waals surface area contributed by atoms with Crippen molar-refractivity contribution in [2.75, 3.05) is 5.32 Å². The Hall–Kier alpha value is -1.48. The van der Waals surface area contributed by atoms with E-state index >= 15 is 0 Å². The van der Waals surface area contributed by atoms with Crippen LogP contribution >= 0.6 is 11.6 Å². The first kappa shape index (κ1) is 10.1. The van der Waals surface area contributed by atoms with Crippen LogP contribution in [0.4, 0.5) is 5.69 Å². The molecule has 0 saturated carbocycles. The summed E-state index contributed by atoms with van der Waals surface area (Å²) in [4.78, 5) is 7.05. The first-order valence-electron chi connectivity index (χ1n) is 4.73. The first-order chi connectivity index (χ1) is 7.25. The summed E-state index contributed by atoms with van der Waals surface area (Å²) in [6.45, 7) is 2.79. The van der Waals surface area contributed by atoms with Gasteiger partial charge in [-0.25, -0.2) is 4.98 Å². The Morgan fingerprint density at radius 3 is 3.07 bits per heavy atom. The number of nitrogens with one attached hydrogen (secondary N) is 2. The number of halogens is 1. The van der Waals surface area contributed by atoms with Crippen molar-refractivity contribution in [1.82, 2.24) is 9.97 Å². The molecule has 2 rings (SSSR count). The molecule has 0 saturated heterocycles. The number of hydrogen-bond donors (Lipinski definition) is 2. The van der Waals surface area contributed by atoms with E-state index in [0.29, 0.717) is 5.15 Å². The predicted octanol–water partition coefficient (Wildman–Crippen LogP) is 2.98. The van der Waals surface area contributed by atoms with Crippen molar-refractivity contribution in [2.45, 2.75) is 13.5 Å². The summed E-state index contributed by atoms with van der Waals surface area (Å²) in [5.74, 6) is 0. The van der Waals surface area contributed by atoms with Crippen LogP contribution in [-0.2, 0) is 6.54 Å². The van der Waals surface area contributed by atoms with Crippen LogP contribution in [0.15, 0.2) is 30.7 Å². The summed E-state index contributed by atoms with van der Waals surface area (Å²) in [5.41, 5.74) is 3.33. The summed E-state index contributed by atoms with van der Waals surface area (Å²) in [5, 5.41) is 3.83. The van der Waals surface area contributed by atoms with Crippen molar-refractivity contribution in [3.05, 3.63) is 47.0 Å². The maximum Gasteiger partial charge on any atom is 0.129 e. The maximum absolute atomic E-state index is 5.77. The van der Waals surface area contributed by atoms with Crippen LogP contribution in [0.2, 0.25) is 5.15 Å². The van der Waals surface area contributed by atoms with Crippen LogP contribution in [0.3, 0.4) is 0 Å². The SMILES string of the molecule is Cc1cc(Cl)ncc1NCc1cc[nH]c1. The van der Waals surface area contributed by atoms with E-state index in [1.54, 1.807) is 6.20 Å². The highest BCUT2D eigenvalue weighted by Gasteiger charge is 1.99. The largest absolute Gasteiger partial charge is 0.379 e. The maximum atomic E-state index is 5.77. The molecule has 2 heterocycles. The molecule has 0 aromatic carbocycles. The molecular weight excluding hydrogens is 210 g/mol. The van der Waals surface area contributed by atoms with Crippen molar-refractivity contribution in [3.63, 3.8) is 0 Å². The van der Waals surface area contributed by atoms with Gasteiger partial charge in [0.1, 0.15) is 5.15 Å². The first-order valence-corrected chi connectivity index (χ1v) is 5.11. The Balaban J connectivity index is 2.05. The zero-order chi connectivity index (χ0) is 10.7. The number of nitrogens with zero attached hydrogens (tertiary/aromatic N) is 1. The molecule has 15 heavy (non-hydrogen) atoms. The molecule has 0 bridgehead atoms. The zero-order valence-electron chi connectivity index (χ0n) is 8.42. The Morgan fingerprint density at radius 2 is 2.40 bits per heavy atom. The molecule has 0 radical (unpaired) electrons. The standard InChI is InChI=1S/C11H12ClN3/c1-8-4-11(12)15-7-10(8)14-6-9-2-3-13-5-9/h2-5,7,13-14H,6H2,1H3. The molecule has 0 aliphatic heterocycles. The topological polar surface area (TPSA) is 40.7 Å². The van der Waals surface area contributed by atoms with Gasteiger partial charge < -0.3 is 10.3 Å². The number of pyridine rings is 1. The van der Waals surface area contributed by atoms with E-state index in [4.69, 9.17) is 11.6 Å². The summed E-state index contributed by atoms with van der Waals surface area (Å²) >= 11 is 5.77. The molecular formula is C11H12ClN3. The zero-order valence-corrected chi connectivity index (χ0v) is 9.17. The van der Waals surface area contributed by atoms with Crippen LogP contribution < -0.4 is 5.32 Å². The highest BCUT2D eigenvalue weighted by atomic mass is 35.5. The van der Waals surface area contributed by atoms with Gasteiger partial charge in [-0.2, -0.15) is 0 Å². The average Bonchev–Trinajstić information content (AvgIpc) is 2.69. The monoisotopic (exact) mass is 221 g/mol. The lowest BCUT2D eigenvalue weighted by atomic mass is 10.2. The fourth-order valence-electron chi connectivity index (χ4n) is 1.37. The van der Waals surface area contributed by atoms with Crippen molar-refractivity contribution in [2.24, 2.45) is 0 Å². The van der Waals surface area contributed by atoms with Gasteiger partial charge in [0, 0.05) is 18.9 Å². The molecule has 2 aromatic rings. The highest BCUT2D eigenvalue weighted by molar-refractivity contribution is 6.29. The minimum Gasteiger partial charge on any atom is -0.379 e. The molecule has 2 aromatic heterocycles. The number of hydrogen-bond acceptors (Lipinski definition) is 2. The van der Waals surface area contributed by atoms with Gasteiger partial charge in [0.05, 0.1) is 11.9 Å². The van der Waals surface area contributed by atoms with E-state index in [0.717, 1.165) is 17.8 Å². The fraction of sp³-hybridized carbons (Fsp3) is 0.182. The van der Waals surface area contributed by atoms with E-state index < -0.39 is 0 Å². The molecule has 0 aliphatic carbocycles. The quantitative estimate of drug-likeness (QED) is 0.783. The molecule has 0 fully saturated rings. The smallest absolute Gasteiger partial charge is 0.129 e. The molecule has 3 nitrogen and oxygen atoms in total. The van der Waals surface area contributed by atoms with Crippen LogP contribution in [0.5, 0.6) is 0 Å². The lowest BCUT2D eigenvalue weighted by molar-refractivity contribution is 1.13. The van der Waals surface area contributed by atoms with Crippen LogP contribution in [0, 0.1) is 6.92 Å². The molecule has 0 unspecified atom stereocenters. The second kappa shape index (κ2) is 4.36. The highest BCUT2D eigenvalue weighted by Crippen LogP contribution is 2.17. The summed E-state index contributed by atoms with van der Waals surface area (Å²) in [7, 11) is 0. The summed E-state index contributed by atoms with van der Waals surface area (Å²) in [6.07, 6.45) is 5.62. The van der Waals surface area contributed by atoms with Crippen LogP contribution in [-0.4, -0.2) is 9.97 Å². The third kappa shape index (κ3) is 2.50. The van der Waals surface area contributed by atoms with Crippen molar-refractivity contribution < 1.29 is 0 Å². The molecule has 2 N–H and O–H groups in total. The number of aromatic amines is 1. The Kier molecular flexibility index (Phi) is 2.92. The third-order valence-corrected chi connectivity index (χ3v) is 2.43. The Labute approximate surface area is 93.5 Å². The molecule has 4 heteroatoms. The van der Waals surface area contributed by atoms with E-state index in [1.807, 2.05) is 31.5 Å². The van der Waals surface area contributed by atoms with Gasteiger partial charge in [0.2, 0.25) is 0 Å². The number of H-pyrrole nitrogens is 1. The molecule has 0 spiro atoms. The molecule has 0 atom stereocenters. The minimum atomic E-state index is 0.527. The fourth-order valence-corrected chi connectivity index (χ4v) is 1.58. The average molecular weight is 222 g/mol. The van der Waals surface area contributed by atoms with Gasteiger partial charge in [-0.05, 0) is 30.2 Å². The number of anilines is 1. The van der Waals surface area contributed by atoms with Gasteiger partial charge in [0.15, 0.2) is 0 Å². The summed E-state index contributed by atoms with van der Waals surface area (Å²) < 4.78 is 0.